The van der Waals surface area contributed by atoms with E-state index >= 15 is 0 Å². The lowest BCUT2D eigenvalue weighted by Crippen LogP contribution is -2.70. The molecule has 6 rings (SSSR count). The number of nitrogens with zero attached hydrogens (tertiary/aromatic N) is 1. The number of amides is 2. The molecule has 0 spiro atoms. The zero-order valence-corrected chi connectivity index (χ0v) is 19.6. The Bertz CT molecular complexity index is 1140. The molecule has 0 radical (unpaired) electrons. The lowest BCUT2D eigenvalue weighted by Gasteiger charge is -2.56. The van der Waals surface area contributed by atoms with Crippen molar-refractivity contribution in [1.82, 2.24) is 15.6 Å². The van der Waals surface area contributed by atoms with Crippen LogP contribution in [0.1, 0.15) is 64.4 Å². The number of hydrogen-bond acceptors (Lipinski definition) is 7. The fraction of sp³-hybridized carbons (Fsp3) is 0.478. The van der Waals surface area contributed by atoms with Crippen molar-refractivity contribution >= 4 is 40.5 Å². The molecule has 33 heavy (non-hydrogen) atoms. The molecule has 3 saturated carbocycles. The van der Waals surface area contributed by atoms with Crippen LogP contribution < -0.4 is 15.4 Å². The Morgan fingerprint density at radius 3 is 2.67 bits per heavy atom. The Kier molecular flexibility index (Phi) is 5.46. The first-order chi connectivity index (χ1) is 15.7. The standard InChI is InChI=1S/C23H24ClN3O5S/c1-12-11-33-21(25-12)20(31)27-23-6-4-22(5-7-23,10-18(23)29)26-19(30)17-9-15(28)14-8-13(24)2-3-16(14)32-17/h2-3,8,11,17-18,29H,4-7,9-10H2,1H3,(H,26,30)(H,27,31)/t17-,18-,22?,23?/m1/s1. The van der Waals surface area contributed by atoms with Gasteiger partial charge in [0.05, 0.1) is 23.6 Å². The number of nitrogens with one attached hydrogen (secondary N) is 2. The molecule has 3 N–H and O–H groups in total. The molecule has 2 heterocycles. The maximum atomic E-state index is 13.0. The van der Waals surface area contributed by atoms with E-state index in [-0.39, 0.29) is 24.0 Å². The summed E-state index contributed by atoms with van der Waals surface area (Å²) in [5.41, 5.74) is -0.149. The van der Waals surface area contributed by atoms with Crippen LogP contribution in [0.2, 0.25) is 5.02 Å². The number of fused-ring (bicyclic) bond motifs is 4. The topological polar surface area (TPSA) is 118 Å². The maximum Gasteiger partial charge on any atom is 0.280 e. The third-order valence-corrected chi connectivity index (χ3v) is 8.25. The summed E-state index contributed by atoms with van der Waals surface area (Å²) in [4.78, 5) is 42.5. The number of carbonyl (C=O) groups excluding carboxylic acids is 3. The van der Waals surface area contributed by atoms with Gasteiger partial charge in [0.25, 0.3) is 11.8 Å². The number of aliphatic hydroxyl groups excluding tert-OH is 1. The van der Waals surface area contributed by atoms with Gasteiger partial charge in [-0.2, -0.15) is 0 Å². The summed E-state index contributed by atoms with van der Waals surface area (Å²) >= 11 is 7.24. The van der Waals surface area contributed by atoms with E-state index in [0.29, 0.717) is 53.4 Å². The van der Waals surface area contributed by atoms with Gasteiger partial charge in [-0.05, 0) is 57.2 Å². The van der Waals surface area contributed by atoms with E-state index in [2.05, 4.69) is 15.6 Å². The van der Waals surface area contributed by atoms with Crippen molar-refractivity contribution in [3.05, 3.63) is 44.9 Å². The average molecular weight is 490 g/mol. The molecule has 0 unspecified atom stereocenters. The average Bonchev–Trinajstić information content (AvgIpc) is 3.22. The van der Waals surface area contributed by atoms with Crippen molar-refractivity contribution in [2.24, 2.45) is 0 Å². The summed E-state index contributed by atoms with van der Waals surface area (Å²) in [6.07, 6.45) is 0.821. The Labute approximate surface area is 199 Å². The molecular weight excluding hydrogens is 466 g/mol. The Morgan fingerprint density at radius 2 is 2.00 bits per heavy atom. The highest BCUT2D eigenvalue weighted by Gasteiger charge is 2.56. The number of aryl methyl sites for hydroxylation is 1. The van der Waals surface area contributed by atoms with Gasteiger partial charge in [-0.3, -0.25) is 14.4 Å². The van der Waals surface area contributed by atoms with Crippen LogP contribution in [0.15, 0.2) is 23.6 Å². The van der Waals surface area contributed by atoms with Gasteiger partial charge in [0.1, 0.15) is 5.75 Å². The SMILES string of the molecule is Cc1csc(C(=O)NC23CCC(NC(=O)[C@H]4CC(=O)c5cc(Cl)ccc5O4)(CC2)C[C@H]3O)n1. The smallest absolute Gasteiger partial charge is 0.280 e. The Balaban J connectivity index is 1.25. The van der Waals surface area contributed by atoms with Crippen molar-refractivity contribution in [3.8, 4) is 5.75 Å². The highest BCUT2D eigenvalue weighted by Crippen LogP contribution is 2.47. The number of hydrogen-bond donors (Lipinski definition) is 3. The second kappa shape index (κ2) is 8.07. The molecule has 0 saturated heterocycles. The second-order valence-corrected chi connectivity index (χ2v) is 10.6. The molecule has 3 aliphatic carbocycles. The van der Waals surface area contributed by atoms with Gasteiger partial charge in [-0.25, -0.2) is 4.98 Å². The first-order valence-electron chi connectivity index (χ1n) is 10.9. The number of aliphatic hydroxyl groups is 1. The van der Waals surface area contributed by atoms with Gasteiger partial charge in [0.15, 0.2) is 16.9 Å². The number of benzene rings is 1. The minimum atomic E-state index is -0.931. The molecule has 2 aromatic rings. The molecule has 10 heteroatoms. The predicted molar refractivity (Wildman–Crippen MR) is 122 cm³/mol. The van der Waals surface area contributed by atoms with Crippen LogP contribution in [-0.4, -0.2) is 51.0 Å². The van der Waals surface area contributed by atoms with E-state index in [1.54, 1.807) is 18.2 Å². The van der Waals surface area contributed by atoms with Crippen molar-refractivity contribution in [1.29, 1.82) is 0 Å². The number of halogens is 1. The van der Waals surface area contributed by atoms with Crippen LogP contribution in [0, 0.1) is 6.92 Å². The quantitative estimate of drug-likeness (QED) is 0.608. The van der Waals surface area contributed by atoms with Gasteiger partial charge in [-0.15, -0.1) is 11.3 Å². The zero-order valence-electron chi connectivity index (χ0n) is 18.0. The number of carbonyl (C=O) groups is 3. The number of rotatable bonds is 4. The molecule has 1 aromatic heterocycles. The number of aromatic nitrogens is 1. The van der Waals surface area contributed by atoms with Crippen LogP contribution >= 0.6 is 22.9 Å². The summed E-state index contributed by atoms with van der Waals surface area (Å²) in [6, 6.07) is 4.76. The van der Waals surface area contributed by atoms with Gasteiger partial charge in [-0.1, -0.05) is 11.6 Å². The molecule has 2 amide bonds. The van der Waals surface area contributed by atoms with Gasteiger partial charge in [0, 0.05) is 21.6 Å². The molecule has 174 valence electrons. The van der Waals surface area contributed by atoms with Crippen LogP contribution in [0.4, 0.5) is 0 Å². The number of ether oxygens (including phenoxy) is 1. The van der Waals surface area contributed by atoms with Crippen molar-refractivity contribution in [3.63, 3.8) is 0 Å². The van der Waals surface area contributed by atoms with Crippen molar-refractivity contribution in [2.75, 3.05) is 0 Å². The predicted octanol–water partition coefficient (Wildman–Crippen LogP) is 2.80. The highest BCUT2D eigenvalue weighted by molar-refractivity contribution is 7.11. The molecule has 8 nitrogen and oxygen atoms in total. The summed E-state index contributed by atoms with van der Waals surface area (Å²) in [5.74, 6) is -0.492. The van der Waals surface area contributed by atoms with Crippen LogP contribution in [0.3, 0.4) is 0 Å². The van der Waals surface area contributed by atoms with E-state index in [9.17, 15) is 19.5 Å². The Morgan fingerprint density at radius 1 is 1.24 bits per heavy atom. The van der Waals surface area contributed by atoms with E-state index in [0.717, 1.165) is 5.69 Å². The summed E-state index contributed by atoms with van der Waals surface area (Å²) in [7, 11) is 0. The monoisotopic (exact) mass is 489 g/mol. The molecule has 3 fully saturated rings. The minimum Gasteiger partial charge on any atom is -0.479 e. The van der Waals surface area contributed by atoms with E-state index in [1.807, 2.05) is 12.3 Å². The number of ketones is 1. The third-order valence-electron chi connectivity index (χ3n) is 7.06. The highest BCUT2D eigenvalue weighted by atomic mass is 35.5. The third kappa shape index (κ3) is 4.02. The molecular formula is C23H24ClN3O5S. The summed E-state index contributed by atoms with van der Waals surface area (Å²) in [6.45, 7) is 1.83. The first-order valence-corrected chi connectivity index (χ1v) is 12.2. The van der Waals surface area contributed by atoms with Crippen LogP contribution in [0.25, 0.3) is 0 Å². The van der Waals surface area contributed by atoms with Crippen LogP contribution in [-0.2, 0) is 4.79 Å². The maximum absolute atomic E-state index is 13.0. The minimum absolute atomic E-state index is 0.0644. The Hall–Kier alpha value is -2.49. The number of thiazole rings is 1. The lowest BCUT2D eigenvalue weighted by molar-refractivity contribution is -0.134. The first kappa shape index (κ1) is 22.3. The molecule has 2 atom stereocenters. The summed E-state index contributed by atoms with van der Waals surface area (Å²) in [5, 5.41) is 19.7. The normalized spacial score (nSPS) is 30.3. The largest absolute Gasteiger partial charge is 0.479 e. The van der Waals surface area contributed by atoms with E-state index in [4.69, 9.17) is 16.3 Å². The van der Waals surface area contributed by atoms with E-state index < -0.39 is 23.3 Å². The second-order valence-electron chi connectivity index (χ2n) is 9.27. The summed E-state index contributed by atoms with van der Waals surface area (Å²) < 4.78 is 5.80. The van der Waals surface area contributed by atoms with Crippen LogP contribution in [0.5, 0.6) is 5.75 Å². The zero-order chi connectivity index (χ0) is 23.4. The molecule has 4 aliphatic rings. The molecule has 1 aliphatic heterocycles. The van der Waals surface area contributed by atoms with Gasteiger partial charge >= 0.3 is 0 Å². The van der Waals surface area contributed by atoms with Gasteiger partial charge < -0.3 is 20.5 Å². The molecule has 1 aromatic carbocycles. The van der Waals surface area contributed by atoms with Gasteiger partial charge in [0.2, 0.25) is 0 Å². The van der Waals surface area contributed by atoms with Crippen molar-refractivity contribution < 1.29 is 24.2 Å². The van der Waals surface area contributed by atoms with Crippen molar-refractivity contribution in [2.45, 2.75) is 68.7 Å². The fourth-order valence-electron chi connectivity index (χ4n) is 5.18. The fourth-order valence-corrected chi connectivity index (χ4v) is 6.05. The van der Waals surface area contributed by atoms with E-state index in [1.165, 1.54) is 11.3 Å². The number of Topliss-reactive ketones (excluding diaryl/α,β-unsaturated/α-hetero) is 1. The lowest BCUT2D eigenvalue weighted by atomic mass is 9.59. The molecule has 2 bridgehead atoms.